The summed E-state index contributed by atoms with van der Waals surface area (Å²) < 4.78 is 5.80. The van der Waals surface area contributed by atoms with E-state index in [1.807, 2.05) is 50.4 Å². The Kier molecular flexibility index (Phi) is 5.39. The van der Waals surface area contributed by atoms with Crippen molar-refractivity contribution < 1.29 is 10.3 Å². The lowest BCUT2D eigenvalue weighted by Crippen LogP contribution is -2.34. The van der Waals surface area contributed by atoms with Gasteiger partial charge >= 0.3 is 0 Å². The van der Waals surface area contributed by atoms with E-state index in [1.54, 1.807) is 0 Å². The van der Waals surface area contributed by atoms with Crippen LogP contribution in [0.2, 0.25) is 5.02 Å². The lowest BCUT2D eigenvalue weighted by Gasteiger charge is -2.27. The summed E-state index contributed by atoms with van der Waals surface area (Å²) in [5.74, 6) is 0.818. The molecule has 0 amide bonds. The van der Waals surface area contributed by atoms with Crippen LogP contribution in [0.15, 0.2) is 47.6 Å². The van der Waals surface area contributed by atoms with E-state index in [0.717, 1.165) is 22.7 Å². The Balaban J connectivity index is 1.99. The Labute approximate surface area is 136 Å². The first-order valence-corrected chi connectivity index (χ1v) is 7.52. The lowest BCUT2D eigenvalue weighted by molar-refractivity contribution is -0.210. The number of anilines is 1. The van der Waals surface area contributed by atoms with Crippen molar-refractivity contribution in [1.82, 2.24) is 0 Å². The highest BCUT2D eigenvalue weighted by Gasteiger charge is 2.12. The fourth-order valence-corrected chi connectivity index (χ4v) is 2.24. The van der Waals surface area contributed by atoms with Gasteiger partial charge in [-0.2, -0.15) is 5.53 Å². The summed E-state index contributed by atoms with van der Waals surface area (Å²) in [7, 11) is 2.05. The van der Waals surface area contributed by atoms with E-state index in [-0.39, 0.29) is 6.04 Å². The standard InChI is InChI=1S/C17H20ClN3O/c1-12-10-15(6-9-17(12)20-19)21(3)13(2)11-22-16-7-4-14(18)5-8-16/h4-10,13,19H,11H2,1-3H3/p+1. The molecule has 0 saturated carbocycles. The van der Waals surface area contributed by atoms with E-state index in [2.05, 4.69) is 23.0 Å². The molecule has 0 saturated heterocycles. The maximum absolute atomic E-state index is 5.86. The van der Waals surface area contributed by atoms with Crippen molar-refractivity contribution in [3.8, 4) is 5.75 Å². The molecule has 0 aromatic heterocycles. The highest BCUT2D eigenvalue weighted by molar-refractivity contribution is 6.30. The molecule has 5 heteroatoms. The third-order valence-corrected chi connectivity index (χ3v) is 3.94. The first-order chi connectivity index (χ1) is 10.5. The van der Waals surface area contributed by atoms with E-state index >= 15 is 0 Å². The summed E-state index contributed by atoms with van der Waals surface area (Å²) >= 11 is 5.86. The van der Waals surface area contributed by atoms with E-state index in [0.29, 0.717) is 11.6 Å². The minimum atomic E-state index is 0.218. The van der Waals surface area contributed by atoms with Crippen molar-refractivity contribution in [3.05, 3.63) is 53.1 Å². The van der Waals surface area contributed by atoms with E-state index < -0.39 is 0 Å². The summed E-state index contributed by atoms with van der Waals surface area (Å²) in [5, 5.41) is 4.45. The van der Waals surface area contributed by atoms with Crippen molar-refractivity contribution in [2.75, 3.05) is 18.6 Å². The monoisotopic (exact) mass is 318 g/mol. The normalized spacial score (nSPS) is 11.8. The van der Waals surface area contributed by atoms with Crippen LogP contribution in [0.4, 0.5) is 11.4 Å². The minimum absolute atomic E-state index is 0.218. The van der Waals surface area contributed by atoms with Crippen LogP contribution in [0.5, 0.6) is 5.75 Å². The van der Waals surface area contributed by atoms with Gasteiger partial charge in [0.1, 0.15) is 18.0 Å². The zero-order valence-corrected chi connectivity index (χ0v) is 13.8. The number of nitrogens with two attached hydrogens (primary N) is 1. The van der Waals surface area contributed by atoms with Crippen molar-refractivity contribution >= 4 is 23.0 Å². The number of aryl methyl sites for hydroxylation is 1. The second kappa shape index (κ2) is 7.27. The molecular weight excluding hydrogens is 298 g/mol. The number of ether oxygens (including phenoxy) is 1. The molecule has 2 aromatic rings. The maximum atomic E-state index is 5.86. The van der Waals surface area contributed by atoms with Crippen molar-refractivity contribution in [1.29, 1.82) is 0 Å². The van der Waals surface area contributed by atoms with Crippen LogP contribution in [-0.4, -0.2) is 19.7 Å². The molecule has 2 N–H and O–H groups in total. The van der Waals surface area contributed by atoms with Crippen LogP contribution >= 0.6 is 11.6 Å². The van der Waals surface area contributed by atoms with Crippen molar-refractivity contribution in [3.63, 3.8) is 0 Å². The van der Waals surface area contributed by atoms with Gasteiger partial charge in [0.25, 0.3) is 0 Å². The fourth-order valence-electron chi connectivity index (χ4n) is 2.12. The summed E-state index contributed by atoms with van der Waals surface area (Å²) in [4.78, 5) is 2.17. The minimum Gasteiger partial charge on any atom is -0.491 e. The van der Waals surface area contributed by atoms with Gasteiger partial charge in [-0.15, -0.1) is 0 Å². The second-order valence-corrected chi connectivity index (χ2v) is 5.76. The van der Waals surface area contributed by atoms with E-state index in [1.165, 1.54) is 0 Å². The van der Waals surface area contributed by atoms with Crippen LogP contribution in [0, 0.1) is 6.92 Å². The molecule has 0 spiro atoms. The molecule has 1 atom stereocenters. The van der Waals surface area contributed by atoms with Gasteiger partial charge in [0.15, 0.2) is 0 Å². The molecule has 0 radical (unpaired) electrons. The van der Waals surface area contributed by atoms with Crippen LogP contribution in [-0.2, 0) is 0 Å². The molecule has 22 heavy (non-hydrogen) atoms. The highest BCUT2D eigenvalue weighted by Crippen LogP contribution is 2.24. The average molecular weight is 319 g/mol. The summed E-state index contributed by atoms with van der Waals surface area (Å²) in [6.07, 6.45) is 0. The Morgan fingerprint density at radius 1 is 1.23 bits per heavy atom. The lowest BCUT2D eigenvalue weighted by atomic mass is 10.1. The molecule has 2 rings (SSSR count). The van der Waals surface area contributed by atoms with Gasteiger partial charge in [0.2, 0.25) is 0 Å². The van der Waals surface area contributed by atoms with Gasteiger partial charge in [-0.25, -0.2) is 0 Å². The quantitative estimate of drug-likeness (QED) is 0.830. The first-order valence-electron chi connectivity index (χ1n) is 7.14. The Bertz CT molecular complexity index is 643. The molecule has 0 aliphatic rings. The number of hydrogen-bond donors (Lipinski definition) is 1. The van der Waals surface area contributed by atoms with Crippen LogP contribution in [0.3, 0.4) is 0 Å². The zero-order chi connectivity index (χ0) is 16.1. The van der Waals surface area contributed by atoms with Gasteiger partial charge < -0.3 is 9.64 Å². The van der Waals surface area contributed by atoms with E-state index in [4.69, 9.17) is 21.9 Å². The van der Waals surface area contributed by atoms with Gasteiger partial charge in [-0.3, -0.25) is 0 Å². The second-order valence-electron chi connectivity index (χ2n) is 5.32. The van der Waals surface area contributed by atoms with Crippen LogP contribution < -0.4 is 15.2 Å². The van der Waals surface area contributed by atoms with Gasteiger partial charge in [0, 0.05) is 17.8 Å². The van der Waals surface area contributed by atoms with Gasteiger partial charge in [-0.1, -0.05) is 11.6 Å². The predicted octanol–water partition coefficient (Wildman–Crippen LogP) is 3.39. The number of hydrogen-bond acceptors (Lipinski definition) is 3. The molecule has 0 aliphatic heterocycles. The van der Waals surface area contributed by atoms with Crippen LogP contribution in [0.1, 0.15) is 12.5 Å². The maximum Gasteiger partial charge on any atom is 0.133 e. The molecule has 0 heterocycles. The largest absolute Gasteiger partial charge is 0.491 e. The smallest absolute Gasteiger partial charge is 0.133 e. The molecule has 4 nitrogen and oxygen atoms in total. The fraction of sp³-hybridized carbons (Fsp3) is 0.294. The summed E-state index contributed by atoms with van der Waals surface area (Å²) in [6, 6.07) is 13.6. The summed E-state index contributed by atoms with van der Waals surface area (Å²) in [6.45, 7) is 4.70. The van der Waals surface area contributed by atoms with Crippen molar-refractivity contribution in [2.24, 2.45) is 5.11 Å². The topological polar surface area (TPSA) is 50.4 Å². The van der Waals surface area contributed by atoms with Gasteiger partial charge in [-0.05, 0) is 67.0 Å². The number of nitrogens with zero attached hydrogens (tertiary/aromatic N) is 2. The molecule has 0 fully saturated rings. The molecule has 2 aromatic carbocycles. The number of rotatable bonds is 6. The molecule has 0 bridgehead atoms. The number of halogens is 1. The Morgan fingerprint density at radius 2 is 1.91 bits per heavy atom. The average Bonchev–Trinajstić information content (AvgIpc) is 2.53. The Morgan fingerprint density at radius 3 is 2.50 bits per heavy atom. The molecule has 1 unspecified atom stereocenters. The van der Waals surface area contributed by atoms with Crippen molar-refractivity contribution in [2.45, 2.75) is 19.9 Å². The van der Waals surface area contributed by atoms with Crippen LogP contribution in [0.25, 0.3) is 0 Å². The number of benzene rings is 2. The zero-order valence-electron chi connectivity index (χ0n) is 13.1. The third kappa shape index (κ3) is 3.98. The SMILES string of the molecule is Cc1cc(N(C)C(C)COc2ccc(Cl)cc2)ccc1N=[NH2+]. The van der Waals surface area contributed by atoms with E-state index in [9.17, 15) is 0 Å². The molecule has 0 aliphatic carbocycles. The first kappa shape index (κ1) is 16.3. The predicted molar refractivity (Wildman–Crippen MR) is 90.0 cm³/mol. The number of likely N-dealkylation sites (N-methyl/N-ethyl adjacent to an activating group) is 1. The van der Waals surface area contributed by atoms with Gasteiger partial charge in [0.05, 0.1) is 6.04 Å². The summed E-state index contributed by atoms with van der Waals surface area (Å²) in [5.41, 5.74) is 8.31. The highest BCUT2D eigenvalue weighted by atomic mass is 35.5. The molecule has 116 valence electrons. The molecular formula is C17H21ClN3O+. The Hall–Kier alpha value is -2.07. The third-order valence-electron chi connectivity index (χ3n) is 3.69.